The van der Waals surface area contributed by atoms with Crippen LogP contribution in [0.25, 0.3) is 0 Å². The highest BCUT2D eigenvalue weighted by Gasteiger charge is 2.26. The van der Waals surface area contributed by atoms with E-state index in [1.807, 2.05) is 0 Å². The maximum absolute atomic E-state index is 14.2. The molecule has 0 unspecified atom stereocenters. The quantitative estimate of drug-likeness (QED) is 0.679. The van der Waals surface area contributed by atoms with Crippen LogP contribution in [0.4, 0.5) is 4.39 Å². The SMILES string of the molecule is O=C(O)c1ccc(F)c(S(=O)(=O)NC(c2ccccc2)c2ccccc2)c1. The Morgan fingerprint density at radius 1 is 0.889 bits per heavy atom. The molecule has 0 aromatic heterocycles. The van der Waals surface area contributed by atoms with E-state index < -0.39 is 32.7 Å². The molecule has 0 atom stereocenters. The van der Waals surface area contributed by atoms with Gasteiger partial charge in [0.15, 0.2) is 0 Å². The number of hydrogen-bond donors (Lipinski definition) is 2. The molecule has 5 nitrogen and oxygen atoms in total. The molecule has 0 amide bonds. The molecule has 2 N–H and O–H groups in total. The van der Waals surface area contributed by atoms with E-state index in [0.717, 1.165) is 18.2 Å². The Hall–Kier alpha value is -3.03. The maximum atomic E-state index is 14.2. The van der Waals surface area contributed by atoms with Crippen LogP contribution in [-0.2, 0) is 10.0 Å². The fraction of sp³-hybridized carbons (Fsp3) is 0.0500. The summed E-state index contributed by atoms with van der Waals surface area (Å²) in [7, 11) is -4.33. The summed E-state index contributed by atoms with van der Waals surface area (Å²) in [6.07, 6.45) is 0. The third kappa shape index (κ3) is 4.21. The molecule has 0 bridgehead atoms. The van der Waals surface area contributed by atoms with Crippen LogP contribution in [0, 0.1) is 5.82 Å². The Balaban J connectivity index is 2.06. The van der Waals surface area contributed by atoms with E-state index in [1.165, 1.54) is 0 Å². The van der Waals surface area contributed by atoms with Crippen molar-refractivity contribution in [1.82, 2.24) is 4.72 Å². The fourth-order valence-electron chi connectivity index (χ4n) is 2.68. The van der Waals surface area contributed by atoms with Crippen LogP contribution in [0.15, 0.2) is 83.8 Å². The van der Waals surface area contributed by atoms with Gasteiger partial charge >= 0.3 is 5.97 Å². The second-order valence-corrected chi connectivity index (χ2v) is 7.51. The zero-order chi connectivity index (χ0) is 19.4. The number of carbonyl (C=O) groups is 1. The third-order valence-corrected chi connectivity index (χ3v) is 5.44. The van der Waals surface area contributed by atoms with Gasteiger partial charge in [0.05, 0.1) is 11.6 Å². The van der Waals surface area contributed by atoms with Crippen LogP contribution in [0.1, 0.15) is 27.5 Å². The number of sulfonamides is 1. The summed E-state index contributed by atoms with van der Waals surface area (Å²) in [6.45, 7) is 0. The van der Waals surface area contributed by atoms with Gasteiger partial charge < -0.3 is 5.11 Å². The molecule has 0 saturated carbocycles. The molecule has 3 aromatic rings. The van der Waals surface area contributed by atoms with Crippen molar-refractivity contribution in [3.63, 3.8) is 0 Å². The summed E-state index contributed by atoms with van der Waals surface area (Å²) < 4.78 is 42.3. The van der Waals surface area contributed by atoms with Crippen molar-refractivity contribution in [2.45, 2.75) is 10.9 Å². The topological polar surface area (TPSA) is 83.5 Å². The van der Waals surface area contributed by atoms with Gasteiger partial charge in [0.2, 0.25) is 10.0 Å². The molecular weight excluding hydrogens is 369 g/mol. The second kappa shape index (κ2) is 7.69. The van der Waals surface area contributed by atoms with Crippen molar-refractivity contribution in [1.29, 1.82) is 0 Å². The Bertz CT molecular complexity index is 1010. The normalized spacial score (nSPS) is 11.5. The van der Waals surface area contributed by atoms with E-state index in [1.54, 1.807) is 60.7 Å². The maximum Gasteiger partial charge on any atom is 0.335 e. The van der Waals surface area contributed by atoms with Crippen molar-refractivity contribution < 1.29 is 22.7 Å². The first-order chi connectivity index (χ1) is 12.9. The second-order valence-electron chi connectivity index (χ2n) is 5.83. The molecule has 0 aliphatic rings. The van der Waals surface area contributed by atoms with Crippen LogP contribution >= 0.6 is 0 Å². The molecule has 0 fully saturated rings. The number of carboxylic acid groups (broad SMARTS) is 1. The van der Waals surface area contributed by atoms with Gasteiger partial charge in [-0.2, -0.15) is 4.72 Å². The first-order valence-corrected chi connectivity index (χ1v) is 9.52. The number of benzene rings is 3. The van der Waals surface area contributed by atoms with Gasteiger partial charge in [-0.1, -0.05) is 60.7 Å². The molecule has 0 radical (unpaired) electrons. The van der Waals surface area contributed by atoms with Gasteiger partial charge in [-0.25, -0.2) is 17.6 Å². The lowest BCUT2D eigenvalue weighted by Crippen LogP contribution is -2.30. The number of nitrogens with one attached hydrogen (secondary N) is 1. The molecule has 3 aromatic carbocycles. The number of rotatable bonds is 6. The lowest BCUT2D eigenvalue weighted by atomic mass is 10.00. The Kier molecular flexibility index (Phi) is 5.34. The van der Waals surface area contributed by atoms with E-state index >= 15 is 0 Å². The molecule has 0 aliphatic carbocycles. The van der Waals surface area contributed by atoms with Crippen molar-refractivity contribution in [3.05, 3.63) is 101 Å². The van der Waals surface area contributed by atoms with Gasteiger partial charge in [-0.3, -0.25) is 0 Å². The molecule has 7 heteroatoms. The van der Waals surface area contributed by atoms with Crippen LogP contribution in [0.5, 0.6) is 0 Å². The molecule has 27 heavy (non-hydrogen) atoms. The summed E-state index contributed by atoms with van der Waals surface area (Å²) >= 11 is 0. The van der Waals surface area contributed by atoms with Crippen molar-refractivity contribution in [3.8, 4) is 0 Å². The molecule has 3 rings (SSSR count). The zero-order valence-corrected chi connectivity index (χ0v) is 14.9. The van der Waals surface area contributed by atoms with Crippen molar-refractivity contribution >= 4 is 16.0 Å². The van der Waals surface area contributed by atoms with E-state index in [0.29, 0.717) is 11.1 Å². The lowest BCUT2D eigenvalue weighted by molar-refractivity contribution is 0.0696. The highest BCUT2D eigenvalue weighted by molar-refractivity contribution is 7.89. The summed E-state index contributed by atoms with van der Waals surface area (Å²) in [5.74, 6) is -2.36. The van der Waals surface area contributed by atoms with E-state index in [4.69, 9.17) is 5.11 Å². The summed E-state index contributed by atoms with van der Waals surface area (Å²) in [6, 6.07) is 19.6. The number of aromatic carboxylic acids is 1. The first-order valence-electron chi connectivity index (χ1n) is 8.03. The van der Waals surface area contributed by atoms with E-state index in [-0.39, 0.29) is 5.56 Å². The number of halogens is 1. The predicted octanol–water partition coefficient (Wildman–Crippen LogP) is 3.59. The summed E-state index contributed by atoms with van der Waals surface area (Å²) in [5, 5.41) is 9.07. The minimum atomic E-state index is -4.33. The van der Waals surface area contributed by atoms with Gasteiger partial charge in [0, 0.05) is 0 Å². The van der Waals surface area contributed by atoms with Crippen molar-refractivity contribution in [2.75, 3.05) is 0 Å². The standard InChI is InChI=1S/C20H16FNO4S/c21-17-12-11-16(20(23)24)13-18(17)27(25,26)22-19(14-7-3-1-4-8-14)15-9-5-2-6-10-15/h1-13,19,22H,(H,23,24). The highest BCUT2D eigenvalue weighted by atomic mass is 32.2. The van der Waals surface area contributed by atoms with Gasteiger partial charge in [-0.15, -0.1) is 0 Å². The molecular formula is C20H16FNO4S. The van der Waals surface area contributed by atoms with E-state index in [9.17, 15) is 17.6 Å². The Morgan fingerprint density at radius 2 is 1.41 bits per heavy atom. The molecule has 138 valence electrons. The zero-order valence-electron chi connectivity index (χ0n) is 14.0. The fourth-order valence-corrected chi connectivity index (χ4v) is 4.00. The third-order valence-electron chi connectivity index (χ3n) is 4.01. The molecule has 0 heterocycles. The van der Waals surface area contributed by atoms with E-state index in [2.05, 4.69) is 4.72 Å². The first kappa shape index (κ1) is 18.8. The highest BCUT2D eigenvalue weighted by Crippen LogP contribution is 2.25. The number of hydrogen-bond acceptors (Lipinski definition) is 3. The predicted molar refractivity (Wildman–Crippen MR) is 98.4 cm³/mol. The summed E-state index contributed by atoms with van der Waals surface area (Å²) in [4.78, 5) is 10.4. The monoisotopic (exact) mass is 385 g/mol. The molecule has 0 spiro atoms. The van der Waals surface area contributed by atoms with Crippen LogP contribution in [-0.4, -0.2) is 19.5 Å². The van der Waals surface area contributed by atoms with Crippen LogP contribution < -0.4 is 4.72 Å². The Morgan fingerprint density at radius 3 is 1.89 bits per heavy atom. The van der Waals surface area contributed by atoms with Gasteiger partial charge in [0.1, 0.15) is 10.7 Å². The number of carboxylic acids is 1. The molecule has 0 aliphatic heterocycles. The minimum Gasteiger partial charge on any atom is -0.478 e. The Labute approximate surface area is 156 Å². The van der Waals surface area contributed by atoms with Gasteiger partial charge in [0.25, 0.3) is 0 Å². The van der Waals surface area contributed by atoms with Crippen LogP contribution in [0.2, 0.25) is 0 Å². The smallest absolute Gasteiger partial charge is 0.335 e. The lowest BCUT2D eigenvalue weighted by Gasteiger charge is -2.20. The van der Waals surface area contributed by atoms with Gasteiger partial charge in [-0.05, 0) is 29.3 Å². The minimum absolute atomic E-state index is 0.312. The summed E-state index contributed by atoms with van der Waals surface area (Å²) in [5.41, 5.74) is 1.02. The average molecular weight is 385 g/mol. The van der Waals surface area contributed by atoms with Crippen molar-refractivity contribution in [2.24, 2.45) is 0 Å². The molecule has 0 saturated heterocycles. The largest absolute Gasteiger partial charge is 0.478 e. The average Bonchev–Trinajstić information content (AvgIpc) is 2.67. The van der Waals surface area contributed by atoms with Crippen LogP contribution in [0.3, 0.4) is 0 Å².